The Balaban J connectivity index is 1.91. The summed E-state index contributed by atoms with van der Waals surface area (Å²) in [5, 5.41) is 19.6. The summed E-state index contributed by atoms with van der Waals surface area (Å²) in [7, 11) is 0. The second-order valence-electron chi connectivity index (χ2n) is 3.82. The minimum atomic E-state index is -0.0656. The van der Waals surface area contributed by atoms with Crippen molar-refractivity contribution in [3.63, 3.8) is 0 Å². The van der Waals surface area contributed by atoms with Crippen LogP contribution >= 0.6 is 11.3 Å². The van der Waals surface area contributed by atoms with Gasteiger partial charge in [-0.05, 0) is 6.07 Å². The number of thiophene rings is 1. The van der Waals surface area contributed by atoms with Gasteiger partial charge in [0, 0.05) is 29.9 Å². The van der Waals surface area contributed by atoms with Gasteiger partial charge < -0.3 is 9.84 Å². The molecule has 0 amide bonds. The summed E-state index contributed by atoms with van der Waals surface area (Å²) in [6.07, 6.45) is -0.0656. The van der Waals surface area contributed by atoms with Crippen molar-refractivity contribution in [2.24, 2.45) is 0 Å². The lowest BCUT2D eigenvalue weighted by Gasteiger charge is -2.31. The third kappa shape index (κ3) is 2.80. The van der Waals surface area contributed by atoms with Gasteiger partial charge in [-0.3, -0.25) is 4.90 Å². The first-order valence-corrected chi connectivity index (χ1v) is 6.12. The van der Waals surface area contributed by atoms with Crippen molar-refractivity contribution in [1.29, 1.82) is 5.26 Å². The van der Waals surface area contributed by atoms with Gasteiger partial charge in [0.25, 0.3) is 0 Å². The van der Waals surface area contributed by atoms with E-state index >= 15 is 0 Å². The van der Waals surface area contributed by atoms with Gasteiger partial charge >= 0.3 is 0 Å². The number of rotatable bonds is 3. The molecular formula is C11H14N2O2S. The minimum absolute atomic E-state index is 0.0656. The highest BCUT2D eigenvalue weighted by atomic mass is 32.1. The zero-order valence-corrected chi connectivity index (χ0v) is 9.74. The van der Waals surface area contributed by atoms with E-state index in [0.717, 1.165) is 25.2 Å². The average Bonchev–Trinajstić information content (AvgIpc) is 2.77. The molecule has 1 aromatic heterocycles. The van der Waals surface area contributed by atoms with Crippen LogP contribution in [0.5, 0.6) is 0 Å². The van der Waals surface area contributed by atoms with Crippen LogP contribution in [0.3, 0.4) is 0 Å². The lowest BCUT2D eigenvalue weighted by Crippen LogP contribution is -2.43. The molecule has 1 atom stereocenters. The highest BCUT2D eigenvalue weighted by Gasteiger charge is 2.19. The molecule has 0 aromatic carbocycles. The van der Waals surface area contributed by atoms with E-state index in [9.17, 15) is 0 Å². The highest BCUT2D eigenvalue weighted by Crippen LogP contribution is 2.17. The molecule has 0 radical (unpaired) electrons. The predicted octanol–water partition coefficient (Wildman–Crippen LogP) is 0.813. The van der Waals surface area contributed by atoms with E-state index in [1.807, 2.05) is 11.4 Å². The molecule has 0 spiro atoms. The van der Waals surface area contributed by atoms with Gasteiger partial charge in [0.2, 0.25) is 0 Å². The molecule has 86 valence electrons. The van der Waals surface area contributed by atoms with Crippen LogP contribution in [0.2, 0.25) is 0 Å². The Morgan fingerprint density at radius 1 is 1.69 bits per heavy atom. The lowest BCUT2D eigenvalue weighted by molar-refractivity contribution is -0.0548. The van der Waals surface area contributed by atoms with Crippen molar-refractivity contribution in [2.75, 3.05) is 26.3 Å². The zero-order valence-electron chi connectivity index (χ0n) is 8.93. The van der Waals surface area contributed by atoms with Crippen molar-refractivity contribution >= 4 is 11.3 Å². The van der Waals surface area contributed by atoms with Crippen LogP contribution in [0, 0.1) is 11.3 Å². The number of hydrogen-bond acceptors (Lipinski definition) is 5. The molecule has 1 unspecified atom stereocenters. The quantitative estimate of drug-likeness (QED) is 0.846. The Morgan fingerprint density at radius 3 is 3.25 bits per heavy atom. The molecule has 1 aromatic rings. The first-order valence-electron chi connectivity index (χ1n) is 5.24. The molecule has 1 saturated heterocycles. The number of morpholine rings is 1. The SMILES string of the molecule is N#Cc1csc(CN2CCOC(CO)C2)c1. The summed E-state index contributed by atoms with van der Waals surface area (Å²) in [6, 6.07) is 4.06. The molecule has 2 heterocycles. The van der Waals surface area contributed by atoms with Gasteiger partial charge in [-0.25, -0.2) is 0 Å². The van der Waals surface area contributed by atoms with Crippen LogP contribution < -0.4 is 0 Å². The summed E-state index contributed by atoms with van der Waals surface area (Å²) in [6.45, 7) is 3.23. The predicted molar refractivity (Wildman–Crippen MR) is 61.1 cm³/mol. The molecule has 1 aliphatic heterocycles. The van der Waals surface area contributed by atoms with Crippen molar-refractivity contribution in [1.82, 2.24) is 4.90 Å². The summed E-state index contributed by atoms with van der Waals surface area (Å²) < 4.78 is 5.38. The maximum absolute atomic E-state index is 9.02. The maximum atomic E-state index is 9.02. The summed E-state index contributed by atoms with van der Waals surface area (Å²) in [4.78, 5) is 3.44. The molecule has 0 saturated carbocycles. The molecule has 1 fully saturated rings. The van der Waals surface area contributed by atoms with Crippen molar-refractivity contribution in [2.45, 2.75) is 12.6 Å². The Hall–Kier alpha value is -0.930. The molecule has 5 heteroatoms. The molecule has 16 heavy (non-hydrogen) atoms. The van der Waals surface area contributed by atoms with E-state index in [1.54, 1.807) is 11.3 Å². The first kappa shape index (κ1) is 11.6. The fourth-order valence-corrected chi connectivity index (χ4v) is 2.63. The Morgan fingerprint density at radius 2 is 2.56 bits per heavy atom. The van der Waals surface area contributed by atoms with E-state index in [-0.39, 0.29) is 12.7 Å². The van der Waals surface area contributed by atoms with E-state index in [0.29, 0.717) is 6.61 Å². The number of aliphatic hydroxyl groups excluding tert-OH is 1. The third-order valence-corrected chi connectivity index (χ3v) is 3.51. The van der Waals surface area contributed by atoms with Gasteiger partial charge in [0.15, 0.2) is 0 Å². The van der Waals surface area contributed by atoms with Gasteiger partial charge in [0.05, 0.1) is 24.9 Å². The molecule has 4 nitrogen and oxygen atoms in total. The number of hydrogen-bond donors (Lipinski definition) is 1. The third-order valence-electron chi connectivity index (χ3n) is 2.59. The largest absolute Gasteiger partial charge is 0.394 e. The van der Waals surface area contributed by atoms with Crippen molar-refractivity contribution in [3.8, 4) is 6.07 Å². The summed E-state index contributed by atoms with van der Waals surface area (Å²) in [5.74, 6) is 0. The lowest BCUT2D eigenvalue weighted by atomic mass is 10.2. The standard InChI is InChI=1S/C11H14N2O2S/c12-4-9-3-11(16-8-9)6-13-1-2-15-10(5-13)7-14/h3,8,10,14H,1-2,5-7H2. The number of nitriles is 1. The topological polar surface area (TPSA) is 56.5 Å². The monoisotopic (exact) mass is 238 g/mol. The molecule has 1 N–H and O–H groups in total. The molecule has 1 aliphatic rings. The van der Waals surface area contributed by atoms with E-state index in [4.69, 9.17) is 15.1 Å². The average molecular weight is 238 g/mol. The minimum Gasteiger partial charge on any atom is -0.394 e. The first-order chi connectivity index (χ1) is 7.81. The van der Waals surface area contributed by atoms with E-state index in [2.05, 4.69) is 11.0 Å². The maximum Gasteiger partial charge on any atom is 0.100 e. The fraction of sp³-hybridized carbons (Fsp3) is 0.545. The number of ether oxygens (including phenoxy) is 1. The Bertz CT molecular complexity index is 386. The van der Waals surface area contributed by atoms with Crippen molar-refractivity contribution < 1.29 is 9.84 Å². The summed E-state index contributed by atoms with van der Waals surface area (Å²) >= 11 is 1.61. The van der Waals surface area contributed by atoms with Crippen LogP contribution in [-0.4, -0.2) is 42.4 Å². The second-order valence-corrected chi connectivity index (χ2v) is 4.82. The molecule has 0 bridgehead atoms. The smallest absolute Gasteiger partial charge is 0.100 e. The van der Waals surface area contributed by atoms with Crippen LogP contribution in [0.1, 0.15) is 10.4 Å². The van der Waals surface area contributed by atoms with E-state index < -0.39 is 0 Å². The van der Waals surface area contributed by atoms with Crippen LogP contribution in [-0.2, 0) is 11.3 Å². The van der Waals surface area contributed by atoms with Gasteiger partial charge in [-0.1, -0.05) is 0 Å². The molecule has 0 aliphatic carbocycles. The normalized spacial score (nSPS) is 21.9. The fourth-order valence-electron chi connectivity index (χ4n) is 1.78. The van der Waals surface area contributed by atoms with Crippen LogP contribution in [0.4, 0.5) is 0 Å². The van der Waals surface area contributed by atoms with E-state index in [1.165, 1.54) is 4.88 Å². The van der Waals surface area contributed by atoms with Crippen LogP contribution in [0.25, 0.3) is 0 Å². The summed E-state index contributed by atoms with van der Waals surface area (Å²) in [5.41, 5.74) is 0.729. The van der Waals surface area contributed by atoms with Crippen molar-refractivity contribution in [3.05, 3.63) is 21.9 Å². The van der Waals surface area contributed by atoms with Crippen LogP contribution in [0.15, 0.2) is 11.4 Å². The Labute approximate surface area is 98.7 Å². The zero-order chi connectivity index (χ0) is 11.4. The highest BCUT2D eigenvalue weighted by molar-refractivity contribution is 7.10. The number of aliphatic hydroxyl groups is 1. The second kappa shape index (κ2) is 5.41. The van der Waals surface area contributed by atoms with Gasteiger partial charge in [0.1, 0.15) is 6.07 Å². The molecule has 2 rings (SSSR count). The number of nitrogens with zero attached hydrogens (tertiary/aromatic N) is 2. The Kier molecular flexibility index (Phi) is 3.91. The molecular weight excluding hydrogens is 224 g/mol. The van der Waals surface area contributed by atoms with Gasteiger partial charge in [-0.15, -0.1) is 11.3 Å². The van der Waals surface area contributed by atoms with Gasteiger partial charge in [-0.2, -0.15) is 5.26 Å².